The molecular formula is C12H17NO3. The molecule has 1 N–H and O–H groups in total. The first-order chi connectivity index (χ1) is 7.63. The van der Waals surface area contributed by atoms with Gasteiger partial charge in [-0.15, -0.1) is 0 Å². The molecule has 16 heavy (non-hydrogen) atoms. The minimum absolute atomic E-state index is 0.198. The lowest BCUT2D eigenvalue weighted by molar-refractivity contribution is -0.144. The summed E-state index contributed by atoms with van der Waals surface area (Å²) in [5.41, 5.74) is -0.582. The molecule has 4 aliphatic rings. The number of methoxy groups -OCH3 is 1. The largest absolute Gasteiger partial charge is 0.453 e. The van der Waals surface area contributed by atoms with Gasteiger partial charge in [-0.1, -0.05) is 0 Å². The number of carbonyl (C=O) groups is 2. The van der Waals surface area contributed by atoms with Crippen molar-refractivity contribution in [2.45, 2.75) is 37.6 Å². The molecule has 4 aliphatic carbocycles. The Morgan fingerprint density at radius 2 is 1.94 bits per heavy atom. The zero-order chi connectivity index (χ0) is 11.3. The van der Waals surface area contributed by atoms with Crippen molar-refractivity contribution < 1.29 is 14.3 Å². The molecule has 4 saturated carbocycles. The number of ether oxygens (including phenoxy) is 1. The van der Waals surface area contributed by atoms with Crippen LogP contribution >= 0.6 is 0 Å². The van der Waals surface area contributed by atoms with Crippen LogP contribution in [0.3, 0.4) is 0 Å². The highest BCUT2D eigenvalue weighted by atomic mass is 16.5. The molecular weight excluding hydrogens is 206 g/mol. The van der Waals surface area contributed by atoms with E-state index >= 15 is 0 Å². The van der Waals surface area contributed by atoms with E-state index in [4.69, 9.17) is 0 Å². The second kappa shape index (κ2) is 3.22. The van der Waals surface area contributed by atoms with E-state index in [0.717, 1.165) is 25.7 Å². The third kappa shape index (κ3) is 1.28. The lowest BCUT2D eigenvalue weighted by atomic mass is 9.52. The molecule has 0 saturated heterocycles. The molecule has 0 aromatic heterocycles. The van der Waals surface area contributed by atoms with Gasteiger partial charge in [-0.25, -0.2) is 4.79 Å². The quantitative estimate of drug-likeness (QED) is 0.732. The van der Waals surface area contributed by atoms with E-state index in [9.17, 15) is 9.59 Å². The molecule has 4 nitrogen and oxygen atoms in total. The molecule has 4 rings (SSSR count). The third-order valence-corrected chi connectivity index (χ3v) is 4.55. The van der Waals surface area contributed by atoms with Gasteiger partial charge in [-0.05, 0) is 43.9 Å². The van der Waals surface area contributed by atoms with Gasteiger partial charge in [0.25, 0.3) is 0 Å². The van der Waals surface area contributed by atoms with Gasteiger partial charge in [0.15, 0.2) is 5.78 Å². The first-order valence-electron chi connectivity index (χ1n) is 6.03. The van der Waals surface area contributed by atoms with Gasteiger partial charge >= 0.3 is 6.09 Å². The van der Waals surface area contributed by atoms with Crippen molar-refractivity contribution in [3.8, 4) is 0 Å². The molecule has 0 aliphatic heterocycles. The summed E-state index contributed by atoms with van der Waals surface area (Å²) in [5, 5.41) is 2.81. The van der Waals surface area contributed by atoms with Crippen molar-refractivity contribution in [3.05, 3.63) is 0 Å². The molecule has 4 heteroatoms. The predicted molar refractivity (Wildman–Crippen MR) is 56.8 cm³/mol. The van der Waals surface area contributed by atoms with E-state index in [1.54, 1.807) is 0 Å². The number of ketones is 1. The summed E-state index contributed by atoms with van der Waals surface area (Å²) in [4.78, 5) is 23.6. The number of amides is 1. The van der Waals surface area contributed by atoms with E-state index in [1.165, 1.54) is 13.5 Å². The van der Waals surface area contributed by atoms with E-state index in [0.29, 0.717) is 11.8 Å². The van der Waals surface area contributed by atoms with Crippen LogP contribution in [0.25, 0.3) is 0 Å². The number of hydrogen-bond acceptors (Lipinski definition) is 3. The number of hydrogen-bond donors (Lipinski definition) is 1. The van der Waals surface area contributed by atoms with Crippen LogP contribution in [0.4, 0.5) is 4.79 Å². The van der Waals surface area contributed by atoms with Crippen LogP contribution in [-0.2, 0) is 9.53 Å². The lowest BCUT2D eigenvalue weighted by Gasteiger charge is -2.54. The standard InChI is InChI=1S/C12H17NO3/c1-16-11(15)13-12-5-7-2-8(6-12)4-9(3-7)10(12)14/h7-9H,2-6H2,1H3,(H,13,15)/t7-,8-,9?,12?/m1/s1. The average molecular weight is 223 g/mol. The van der Waals surface area contributed by atoms with Crippen molar-refractivity contribution in [2.24, 2.45) is 17.8 Å². The van der Waals surface area contributed by atoms with Crippen LogP contribution in [0.2, 0.25) is 0 Å². The first kappa shape index (κ1) is 10.1. The van der Waals surface area contributed by atoms with Crippen LogP contribution in [0.15, 0.2) is 0 Å². The Morgan fingerprint density at radius 3 is 2.50 bits per heavy atom. The smallest absolute Gasteiger partial charge is 0.407 e. The Bertz CT molecular complexity index is 338. The van der Waals surface area contributed by atoms with Gasteiger partial charge in [0.1, 0.15) is 5.54 Å². The third-order valence-electron chi connectivity index (χ3n) is 4.55. The Hall–Kier alpha value is -1.06. The SMILES string of the molecule is COC(=O)NC12C[C@H]3CC(C[C@@H](C3)C1)C2=O. The summed E-state index contributed by atoms with van der Waals surface area (Å²) >= 11 is 0. The van der Waals surface area contributed by atoms with Crippen molar-refractivity contribution in [1.29, 1.82) is 0 Å². The second-order valence-corrected chi connectivity index (χ2v) is 5.61. The molecule has 4 bridgehead atoms. The first-order valence-corrected chi connectivity index (χ1v) is 6.03. The molecule has 0 spiro atoms. The molecule has 88 valence electrons. The van der Waals surface area contributed by atoms with Gasteiger partial charge in [0, 0.05) is 5.92 Å². The fourth-order valence-corrected chi connectivity index (χ4v) is 4.18. The Morgan fingerprint density at radius 1 is 1.31 bits per heavy atom. The maximum atomic E-state index is 12.3. The normalized spacial score (nSPS) is 44.6. The Kier molecular flexibility index (Phi) is 2.03. The lowest BCUT2D eigenvalue weighted by Crippen LogP contribution is -2.66. The zero-order valence-corrected chi connectivity index (χ0v) is 9.49. The van der Waals surface area contributed by atoms with Crippen LogP contribution < -0.4 is 5.32 Å². The van der Waals surface area contributed by atoms with Crippen molar-refractivity contribution in [2.75, 3.05) is 7.11 Å². The van der Waals surface area contributed by atoms with Gasteiger partial charge in [0.2, 0.25) is 0 Å². The van der Waals surface area contributed by atoms with Crippen LogP contribution in [0, 0.1) is 17.8 Å². The predicted octanol–water partition coefficient (Wildman–Crippen LogP) is 1.49. The number of alkyl carbamates (subject to hydrolysis) is 1. The van der Waals surface area contributed by atoms with Gasteiger partial charge < -0.3 is 10.1 Å². The highest BCUT2D eigenvalue weighted by Crippen LogP contribution is 2.53. The number of rotatable bonds is 1. The molecule has 2 atom stereocenters. The molecule has 1 amide bonds. The van der Waals surface area contributed by atoms with E-state index in [2.05, 4.69) is 10.1 Å². The van der Waals surface area contributed by atoms with Crippen molar-refractivity contribution in [1.82, 2.24) is 5.32 Å². The van der Waals surface area contributed by atoms with Crippen LogP contribution in [-0.4, -0.2) is 24.5 Å². The van der Waals surface area contributed by atoms with Crippen molar-refractivity contribution in [3.63, 3.8) is 0 Å². The average Bonchev–Trinajstić information content (AvgIpc) is 2.24. The number of nitrogens with one attached hydrogen (secondary N) is 1. The highest BCUT2D eigenvalue weighted by molar-refractivity contribution is 5.95. The second-order valence-electron chi connectivity index (χ2n) is 5.61. The van der Waals surface area contributed by atoms with E-state index in [-0.39, 0.29) is 11.7 Å². The number of Topliss-reactive ketones (excluding diaryl/α,β-unsaturated/α-hetero) is 1. The fraction of sp³-hybridized carbons (Fsp3) is 0.833. The summed E-state index contributed by atoms with van der Waals surface area (Å²) in [6.45, 7) is 0. The molecule has 4 fully saturated rings. The molecule has 0 unspecified atom stereocenters. The minimum Gasteiger partial charge on any atom is -0.453 e. The summed E-state index contributed by atoms with van der Waals surface area (Å²) < 4.78 is 4.64. The van der Waals surface area contributed by atoms with Gasteiger partial charge in [-0.3, -0.25) is 4.79 Å². The Balaban J connectivity index is 1.88. The fourth-order valence-electron chi connectivity index (χ4n) is 4.18. The van der Waals surface area contributed by atoms with E-state index < -0.39 is 11.6 Å². The monoisotopic (exact) mass is 223 g/mol. The molecule has 0 aromatic rings. The van der Waals surface area contributed by atoms with Gasteiger partial charge in [0.05, 0.1) is 7.11 Å². The van der Waals surface area contributed by atoms with Crippen LogP contribution in [0.5, 0.6) is 0 Å². The number of carbonyl (C=O) groups excluding carboxylic acids is 2. The van der Waals surface area contributed by atoms with Gasteiger partial charge in [-0.2, -0.15) is 0 Å². The maximum Gasteiger partial charge on any atom is 0.407 e. The summed E-state index contributed by atoms with van der Waals surface area (Å²) in [5.74, 6) is 1.72. The molecule has 0 radical (unpaired) electrons. The molecule has 0 aromatic carbocycles. The molecule has 0 heterocycles. The maximum absolute atomic E-state index is 12.3. The summed E-state index contributed by atoms with van der Waals surface area (Å²) in [6, 6.07) is 0. The summed E-state index contributed by atoms with van der Waals surface area (Å²) in [7, 11) is 1.35. The highest BCUT2D eigenvalue weighted by Gasteiger charge is 2.57. The summed E-state index contributed by atoms with van der Waals surface area (Å²) in [6.07, 6.45) is 4.52. The Labute approximate surface area is 94.7 Å². The topological polar surface area (TPSA) is 55.4 Å². The zero-order valence-electron chi connectivity index (χ0n) is 9.49. The van der Waals surface area contributed by atoms with Crippen LogP contribution in [0.1, 0.15) is 32.1 Å². The minimum atomic E-state index is -0.582. The van der Waals surface area contributed by atoms with Crippen molar-refractivity contribution >= 4 is 11.9 Å². The van der Waals surface area contributed by atoms with E-state index in [1.807, 2.05) is 0 Å².